The largest absolute Gasteiger partial charge is 0.350 e. The number of rotatable bonds is 5. The molecule has 2 aliphatic heterocycles. The van der Waals surface area contributed by atoms with Gasteiger partial charge in [0.25, 0.3) is 5.91 Å². The Kier molecular flexibility index (Phi) is 4.91. The van der Waals surface area contributed by atoms with Crippen molar-refractivity contribution in [3.05, 3.63) is 35.5 Å². The van der Waals surface area contributed by atoms with Crippen LogP contribution in [0.15, 0.2) is 24.3 Å². The van der Waals surface area contributed by atoms with Crippen molar-refractivity contribution >= 4 is 22.7 Å². The van der Waals surface area contributed by atoms with E-state index in [9.17, 15) is 9.59 Å². The standard InChI is InChI=1S/C21H28N4O2/c1-13-4-2-5-14-10-18(23-20(13)14)21(27)24-17-11-16-8-7-15(17)12-25(16)19(26)6-3-9-22/h2,4-5,10,15-17,23H,3,6-9,11-12,22H2,1H3,(H,24,27)/t15-,16-,17-/m0/s1. The number of nitrogens with two attached hydrogens (primary N) is 1. The number of nitrogens with one attached hydrogen (secondary N) is 2. The van der Waals surface area contributed by atoms with E-state index in [0.717, 1.165) is 48.7 Å². The van der Waals surface area contributed by atoms with Gasteiger partial charge in [0.1, 0.15) is 5.69 Å². The van der Waals surface area contributed by atoms with Crippen molar-refractivity contribution in [2.45, 2.75) is 51.1 Å². The number of piperidine rings is 2. The van der Waals surface area contributed by atoms with Gasteiger partial charge in [-0.2, -0.15) is 0 Å². The monoisotopic (exact) mass is 368 g/mol. The van der Waals surface area contributed by atoms with Gasteiger partial charge >= 0.3 is 0 Å². The molecular formula is C21H28N4O2. The molecule has 0 unspecified atom stereocenters. The average Bonchev–Trinajstić information content (AvgIpc) is 3.12. The lowest BCUT2D eigenvalue weighted by molar-refractivity contribution is -0.139. The van der Waals surface area contributed by atoms with Crippen LogP contribution in [0.25, 0.3) is 10.9 Å². The smallest absolute Gasteiger partial charge is 0.267 e. The zero-order valence-corrected chi connectivity index (χ0v) is 15.8. The van der Waals surface area contributed by atoms with Crippen LogP contribution in [0.3, 0.4) is 0 Å². The van der Waals surface area contributed by atoms with Crippen LogP contribution in [0, 0.1) is 12.8 Å². The lowest BCUT2D eigenvalue weighted by Gasteiger charge is -2.49. The summed E-state index contributed by atoms with van der Waals surface area (Å²) in [4.78, 5) is 30.5. The molecule has 3 heterocycles. The summed E-state index contributed by atoms with van der Waals surface area (Å²) in [6.45, 7) is 3.35. The quantitative estimate of drug-likeness (QED) is 0.756. The molecule has 1 saturated carbocycles. The summed E-state index contributed by atoms with van der Waals surface area (Å²) in [6, 6.07) is 8.36. The molecule has 1 aliphatic carbocycles. The van der Waals surface area contributed by atoms with Gasteiger partial charge in [-0.25, -0.2) is 0 Å². The topological polar surface area (TPSA) is 91.2 Å². The number of aryl methyl sites for hydroxylation is 1. The van der Waals surface area contributed by atoms with E-state index in [1.165, 1.54) is 0 Å². The lowest BCUT2D eigenvalue weighted by atomic mass is 9.76. The number of hydrogen-bond acceptors (Lipinski definition) is 3. The third-order valence-corrected chi connectivity index (χ3v) is 6.18. The second-order valence-corrected chi connectivity index (χ2v) is 7.97. The Morgan fingerprint density at radius 2 is 2.19 bits per heavy atom. The second-order valence-electron chi connectivity index (χ2n) is 7.97. The van der Waals surface area contributed by atoms with E-state index >= 15 is 0 Å². The number of carbonyl (C=O) groups excluding carboxylic acids is 2. The Labute approximate surface area is 159 Å². The average molecular weight is 368 g/mol. The predicted octanol–water partition coefficient (Wildman–Crippen LogP) is 2.32. The molecule has 3 atom stereocenters. The van der Waals surface area contributed by atoms with Crippen molar-refractivity contribution in [1.29, 1.82) is 0 Å². The number of aromatic amines is 1. The molecule has 2 amide bonds. The van der Waals surface area contributed by atoms with Crippen LogP contribution < -0.4 is 11.1 Å². The first-order valence-corrected chi connectivity index (χ1v) is 9.95. The molecule has 2 bridgehead atoms. The van der Waals surface area contributed by atoms with Gasteiger partial charge in [0.05, 0.1) is 0 Å². The number of amides is 2. The minimum absolute atomic E-state index is 0.0517. The van der Waals surface area contributed by atoms with Crippen molar-refractivity contribution in [1.82, 2.24) is 15.2 Å². The van der Waals surface area contributed by atoms with Crippen molar-refractivity contribution < 1.29 is 9.59 Å². The number of hydrogen-bond donors (Lipinski definition) is 3. The van der Waals surface area contributed by atoms with Crippen LogP contribution in [0.2, 0.25) is 0 Å². The fourth-order valence-corrected chi connectivity index (χ4v) is 4.67. The number of fused-ring (bicyclic) bond motifs is 4. The summed E-state index contributed by atoms with van der Waals surface area (Å²) >= 11 is 0. The van der Waals surface area contributed by atoms with Crippen molar-refractivity contribution in [3.63, 3.8) is 0 Å². The Morgan fingerprint density at radius 1 is 1.33 bits per heavy atom. The normalized spacial score (nSPS) is 24.4. The van der Waals surface area contributed by atoms with Gasteiger partial charge in [0, 0.05) is 36.0 Å². The zero-order chi connectivity index (χ0) is 19.0. The summed E-state index contributed by atoms with van der Waals surface area (Å²) in [5.41, 5.74) is 8.29. The predicted molar refractivity (Wildman–Crippen MR) is 105 cm³/mol. The number of para-hydroxylation sites is 1. The lowest BCUT2D eigenvalue weighted by Crippen LogP contribution is -2.60. The first-order valence-electron chi connectivity index (χ1n) is 9.95. The maximum absolute atomic E-state index is 12.8. The molecule has 6 heteroatoms. The molecule has 6 nitrogen and oxygen atoms in total. The Balaban J connectivity index is 1.42. The Morgan fingerprint density at radius 3 is 2.89 bits per heavy atom. The third kappa shape index (κ3) is 3.46. The number of benzene rings is 1. The van der Waals surface area contributed by atoms with E-state index in [1.54, 1.807) is 0 Å². The fourth-order valence-electron chi connectivity index (χ4n) is 4.67. The van der Waals surface area contributed by atoms with E-state index in [-0.39, 0.29) is 23.9 Å². The molecule has 4 N–H and O–H groups in total. The number of H-pyrrole nitrogens is 1. The first kappa shape index (κ1) is 18.0. The van der Waals surface area contributed by atoms with Gasteiger partial charge < -0.3 is 20.9 Å². The van der Waals surface area contributed by atoms with Gasteiger partial charge in [-0.3, -0.25) is 9.59 Å². The Bertz CT molecular complexity index is 859. The number of carbonyl (C=O) groups is 2. The minimum atomic E-state index is -0.0517. The molecule has 1 aromatic heterocycles. The third-order valence-electron chi connectivity index (χ3n) is 6.18. The molecule has 2 saturated heterocycles. The van der Waals surface area contributed by atoms with E-state index < -0.39 is 0 Å². The molecule has 27 heavy (non-hydrogen) atoms. The van der Waals surface area contributed by atoms with E-state index in [0.29, 0.717) is 24.6 Å². The summed E-state index contributed by atoms with van der Waals surface area (Å²) in [6.07, 6.45) is 4.24. The molecule has 2 aromatic rings. The zero-order valence-electron chi connectivity index (χ0n) is 15.8. The number of aromatic nitrogens is 1. The van der Waals surface area contributed by atoms with Crippen LogP contribution >= 0.6 is 0 Å². The van der Waals surface area contributed by atoms with E-state index in [4.69, 9.17) is 5.73 Å². The molecule has 5 rings (SSSR count). The summed E-state index contributed by atoms with van der Waals surface area (Å²) in [5.74, 6) is 0.502. The molecule has 1 aromatic carbocycles. The SMILES string of the molecule is Cc1cccc2cc(C(=O)N[C@H]3C[C@@H]4CC[C@H]3CN4C(=O)CCCN)[nH]c12. The van der Waals surface area contributed by atoms with Crippen LogP contribution in [-0.2, 0) is 4.79 Å². The highest BCUT2D eigenvalue weighted by Gasteiger charge is 2.42. The molecule has 3 fully saturated rings. The van der Waals surface area contributed by atoms with Crippen molar-refractivity contribution in [2.75, 3.05) is 13.1 Å². The number of nitrogens with zero attached hydrogens (tertiary/aromatic N) is 1. The fraction of sp³-hybridized carbons (Fsp3) is 0.524. The summed E-state index contributed by atoms with van der Waals surface area (Å²) in [7, 11) is 0. The molecule has 0 radical (unpaired) electrons. The molecule has 0 spiro atoms. The van der Waals surface area contributed by atoms with Crippen molar-refractivity contribution in [3.8, 4) is 0 Å². The molecule has 3 aliphatic rings. The Hall–Kier alpha value is -2.34. The second kappa shape index (κ2) is 7.35. The van der Waals surface area contributed by atoms with Gasteiger partial charge in [-0.1, -0.05) is 18.2 Å². The highest BCUT2D eigenvalue weighted by Crippen LogP contribution is 2.36. The van der Waals surface area contributed by atoms with Gasteiger partial charge in [-0.05, 0) is 56.7 Å². The summed E-state index contributed by atoms with van der Waals surface area (Å²) in [5, 5.41) is 4.28. The maximum Gasteiger partial charge on any atom is 0.267 e. The highest BCUT2D eigenvalue weighted by molar-refractivity contribution is 5.98. The van der Waals surface area contributed by atoms with Gasteiger partial charge in [0.2, 0.25) is 5.91 Å². The minimum Gasteiger partial charge on any atom is -0.350 e. The van der Waals surface area contributed by atoms with E-state index in [2.05, 4.69) is 10.3 Å². The van der Waals surface area contributed by atoms with Gasteiger partial charge in [0.15, 0.2) is 0 Å². The first-order chi connectivity index (χ1) is 13.1. The van der Waals surface area contributed by atoms with E-state index in [1.807, 2.05) is 36.1 Å². The van der Waals surface area contributed by atoms with Crippen molar-refractivity contribution in [2.24, 2.45) is 11.7 Å². The molecular weight excluding hydrogens is 340 g/mol. The highest BCUT2D eigenvalue weighted by atomic mass is 16.2. The maximum atomic E-state index is 12.8. The van der Waals surface area contributed by atoms with Crippen LogP contribution in [0.1, 0.15) is 48.2 Å². The van der Waals surface area contributed by atoms with Gasteiger partial charge in [-0.15, -0.1) is 0 Å². The molecule has 144 valence electrons. The van der Waals surface area contributed by atoms with Crippen LogP contribution in [0.5, 0.6) is 0 Å². The summed E-state index contributed by atoms with van der Waals surface area (Å²) < 4.78 is 0. The van der Waals surface area contributed by atoms with Crippen LogP contribution in [-0.4, -0.2) is 46.9 Å². The van der Waals surface area contributed by atoms with Crippen LogP contribution in [0.4, 0.5) is 0 Å².